The molecule has 0 aliphatic rings. The molecule has 1 heteroatoms. The van der Waals surface area contributed by atoms with Gasteiger partial charge in [-0.25, -0.2) is 0 Å². The molecule has 0 nitrogen and oxygen atoms in total. The molecule has 0 aliphatic heterocycles. The van der Waals surface area contributed by atoms with Crippen LogP contribution in [0.4, 0.5) is 0 Å². The predicted molar refractivity (Wildman–Crippen MR) is 36.4 cm³/mol. The smallest absolute Gasteiger partial charge is 0.0294 e. The van der Waals surface area contributed by atoms with Crippen molar-refractivity contribution >= 4 is 17.6 Å². The normalized spacial score (nSPS) is 13.4. The molecule has 0 fully saturated rings. The van der Waals surface area contributed by atoms with E-state index in [1.54, 1.807) is 0 Å². The van der Waals surface area contributed by atoms with Gasteiger partial charge < -0.3 is 0 Å². The first kappa shape index (κ1) is 7.09. The zero-order valence-electron chi connectivity index (χ0n) is 4.77. The summed E-state index contributed by atoms with van der Waals surface area (Å²) >= 11 is 4.52. The van der Waals surface area contributed by atoms with Crippen molar-refractivity contribution in [1.82, 2.24) is 0 Å². The minimum Gasteiger partial charge on any atom is -0.0837 e. The van der Waals surface area contributed by atoms with Crippen LogP contribution < -0.4 is 0 Å². The first-order chi connectivity index (χ1) is 3.31. The fourth-order valence-corrected chi connectivity index (χ4v) is 0.512. The van der Waals surface area contributed by atoms with Crippen molar-refractivity contribution in [3.63, 3.8) is 0 Å². The Labute approximate surface area is 50.9 Å². The van der Waals surface area contributed by atoms with Crippen LogP contribution >= 0.6 is 12.2 Å². The van der Waals surface area contributed by atoms with E-state index in [4.69, 9.17) is 0 Å². The van der Waals surface area contributed by atoms with Gasteiger partial charge in [-0.2, -0.15) is 0 Å². The molecule has 2 radical (unpaired) electrons. The van der Waals surface area contributed by atoms with E-state index in [9.17, 15) is 0 Å². The fourth-order valence-electron chi connectivity index (χ4n) is 0.249. The standard InChI is InChI=1S/C6H10S/c1-3-6(2)4-5-7/h3,6H,4H2,1-2H3. The molecule has 40 valence electrons. The minimum atomic E-state index is 0.609. The van der Waals surface area contributed by atoms with E-state index < -0.39 is 0 Å². The molecule has 1 atom stereocenters. The predicted octanol–water partition coefficient (Wildman–Crippen LogP) is 2.11. The first-order valence-electron chi connectivity index (χ1n) is 2.45. The Morgan fingerprint density at radius 1 is 1.86 bits per heavy atom. The first-order valence-corrected chi connectivity index (χ1v) is 2.86. The van der Waals surface area contributed by atoms with E-state index in [0.717, 1.165) is 6.42 Å². The molecule has 7 heavy (non-hydrogen) atoms. The summed E-state index contributed by atoms with van der Waals surface area (Å²) in [5, 5.41) is 2.67. The van der Waals surface area contributed by atoms with Crippen LogP contribution in [0.25, 0.3) is 0 Å². The van der Waals surface area contributed by atoms with Crippen molar-refractivity contribution in [2.45, 2.75) is 20.3 Å². The van der Waals surface area contributed by atoms with Gasteiger partial charge in [0.25, 0.3) is 0 Å². The van der Waals surface area contributed by atoms with Gasteiger partial charge in [0.2, 0.25) is 0 Å². The molecule has 0 bridgehead atoms. The van der Waals surface area contributed by atoms with Gasteiger partial charge in [0.15, 0.2) is 0 Å². The lowest BCUT2D eigenvalue weighted by Crippen LogP contribution is -1.90. The van der Waals surface area contributed by atoms with Crippen molar-refractivity contribution in [2.75, 3.05) is 0 Å². The minimum absolute atomic E-state index is 0.609. The Hall–Kier alpha value is 0.0900. The van der Waals surface area contributed by atoms with E-state index >= 15 is 0 Å². The second-order valence-corrected chi connectivity index (χ2v) is 1.95. The average molecular weight is 114 g/mol. The SMILES string of the molecule is C[CH]C(C)C[C]=S. The lowest BCUT2D eigenvalue weighted by molar-refractivity contribution is 0.719. The summed E-state index contributed by atoms with van der Waals surface area (Å²) in [6.45, 7) is 4.16. The maximum atomic E-state index is 4.52. The highest BCUT2D eigenvalue weighted by Gasteiger charge is 1.92. The molecule has 0 amide bonds. The highest BCUT2D eigenvalue weighted by atomic mass is 32.1. The van der Waals surface area contributed by atoms with E-state index in [1.807, 2.05) is 6.92 Å². The van der Waals surface area contributed by atoms with Crippen LogP contribution in [0, 0.1) is 12.3 Å². The van der Waals surface area contributed by atoms with E-state index in [0.29, 0.717) is 5.92 Å². The van der Waals surface area contributed by atoms with Crippen LogP contribution in [0.2, 0.25) is 0 Å². The van der Waals surface area contributed by atoms with Crippen molar-refractivity contribution < 1.29 is 0 Å². The van der Waals surface area contributed by atoms with Gasteiger partial charge in [-0.15, -0.1) is 0 Å². The molecular weight excluding hydrogens is 104 g/mol. The number of thiocarbonyl (C=S) groups is 1. The van der Waals surface area contributed by atoms with E-state index in [-0.39, 0.29) is 0 Å². The Kier molecular flexibility index (Phi) is 4.31. The number of hydrogen-bond acceptors (Lipinski definition) is 1. The van der Waals surface area contributed by atoms with Crippen LogP contribution in [-0.2, 0) is 0 Å². The summed E-state index contributed by atoms with van der Waals surface area (Å²) < 4.78 is 0. The van der Waals surface area contributed by atoms with Crippen molar-refractivity contribution in [3.05, 3.63) is 6.42 Å². The fraction of sp³-hybridized carbons (Fsp3) is 0.667. The van der Waals surface area contributed by atoms with Gasteiger partial charge >= 0.3 is 0 Å². The topological polar surface area (TPSA) is 0 Å². The van der Waals surface area contributed by atoms with E-state index in [1.165, 1.54) is 0 Å². The Morgan fingerprint density at radius 2 is 2.43 bits per heavy atom. The Morgan fingerprint density at radius 3 is 2.57 bits per heavy atom. The zero-order valence-corrected chi connectivity index (χ0v) is 5.59. The maximum absolute atomic E-state index is 4.52. The quantitative estimate of drug-likeness (QED) is 0.506. The van der Waals surface area contributed by atoms with Crippen molar-refractivity contribution in [3.8, 4) is 0 Å². The monoisotopic (exact) mass is 114 g/mol. The summed E-state index contributed by atoms with van der Waals surface area (Å²) in [5.41, 5.74) is 0. The molecular formula is C6H10S. The molecule has 0 aromatic heterocycles. The molecule has 0 saturated carbocycles. The van der Waals surface area contributed by atoms with Crippen LogP contribution in [0.1, 0.15) is 20.3 Å². The molecule has 1 unspecified atom stereocenters. The third-order valence-electron chi connectivity index (χ3n) is 0.974. The molecule has 0 spiro atoms. The third kappa shape index (κ3) is 3.93. The Bertz CT molecular complexity index is 50.1. The second-order valence-electron chi connectivity index (χ2n) is 1.66. The van der Waals surface area contributed by atoms with Crippen LogP contribution in [-0.4, -0.2) is 5.37 Å². The molecule has 0 rings (SSSR count). The molecule has 0 heterocycles. The summed E-state index contributed by atoms with van der Waals surface area (Å²) in [6, 6.07) is 0. The molecule has 0 aromatic rings. The largest absolute Gasteiger partial charge is 0.0837 e. The van der Waals surface area contributed by atoms with Gasteiger partial charge in [0.05, 0.1) is 0 Å². The number of rotatable bonds is 3. The van der Waals surface area contributed by atoms with Gasteiger partial charge in [0, 0.05) is 5.37 Å². The maximum Gasteiger partial charge on any atom is 0.0294 e. The molecule has 0 aliphatic carbocycles. The highest BCUT2D eigenvalue weighted by molar-refractivity contribution is 7.78. The molecule has 0 N–H and O–H groups in total. The number of hydrogen-bond donors (Lipinski definition) is 0. The summed E-state index contributed by atoms with van der Waals surface area (Å²) in [7, 11) is 0. The van der Waals surface area contributed by atoms with Crippen LogP contribution in [0.15, 0.2) is 0 Å². The third-order valence-corrected chi connectivity index (χ3v) is 1.14. The van der Waals surface area contributed by atoms with Gasteiger partial charge in [0.1, 0.15) is 0 Å². The second kappa shape index (κ2) is 4.25. The zero-order chi connectivity index (χ0) is 5.70. The van der Waals surface area contributed by atoms with Gasteiger partial charge in [-0.05, 0) is 18.8 Å². The van der Waals surface area contributed by atoms with Crippen LogP contribution in [0.3, 0.4) is 0 Å². The van der Waals surface area contributed by atoms with Gasteiger partial charge in [-0.1, -0.05) is 26.1 Å². The van der Waals surface area contributed by atoms with Crippen molar-refractivity contribution in [1.29, 1.82) is 0 Å². The highest BCUT2D eigenvalue weighted by Crippen LogP contribution is 2.01. The summed E-state index contributed by atoms with van der Waals surface area (Å²) in [5.74, 6) is 0.609. The lowest BCUT2D eigenvalue weighted by Gasteiger charge is -1.98. The van der Waals surface area contributed by atoms with Crippen LogP contribution in [0.5, 0.6) is 0 Å². The summed E-state index contributed by atoms with van der Waals surface area (Å²) in [4.78, 5) is 0. The lowest BCUT2D eigenvalue weighted by atomic mass is 10.1. The molecule has 0 saturated heterocycles. The molecule has 0 aromatic carbocycles. The van der Waals surface area contributed by atoms with Gasteiger partial charge in [-0.3, -0.25) is 0 Å². The van der Waals surface area contributed by atoms with Crippen molar-refractivity contribution in [2.24, 2.45) is 5.92 Å². The van der Waals surface area contributed by atoms with E-state index in [2.05, 4.69) is 30.9 Å². The Balaban J connectivity index is 2.98. The summed E-state index contributed by atoms with van der Waals surface area (Å²) in [6.07, 6.45) is 3.03. The average Bonchev–Trinajstić information content (AvgIpc) is 1.68.